The number of nitrogens with one attached hydrogen (secondary N) is 2. The maximum Gasteiger partial charge on any atom is 0.252 e. The first-order chi connectivity index (χ1) is 16.6. The Kier molecular flexibility index (Phi) is 7.35. The van der Waals surface area contributed by atoms with Crippen LogP contribution in [0.2, 0.25) is 0 Å². The molecule has 2 amide bonds. The second-order valence-corrected chi connectivity index (χ2v) is 7.63. The number of anilines is 1. The van der Waals surface area contributed by atoms with Gasteiger partial charge in [0.15, 0.2) is 0 Å². The van der Waals surface area contributed by atoms with E-state index < -0.39 is 0 Å². The average molecular weight is 455 g/mol. The third-order valence-corrected chi connectivity index (χ3v) is 5.20. The standard InChI is InChI=1S/C27H26N4O3/c1-2-34-23-14-12-22(13-15-23)30-26(32)18-28-27(33)25-7-4-3-6-24(25)21-10-8-20(9-11-21)19-31-17-5-16-29-31/h3-17H,2,18-19H2,1H3,(H,28,33)(H,30,32). The topological polar surface area (TPSA) is 85.3 Å². The van der Waals surface area contributed by atoms with Crippen LogP contribution in [0, 0.1) is 0 Å². The Hall–Kier alpha value is -4.39. The molecule has 4 aromatic rings. The van der Waals surface area contributed by atoms with Gasteiger partial charge in [-0.15, -0.1) is 0 Å². The maximum absolute atomic E-state index is 12.9. The van der Waals surface area contributed by atoms with Gasteiger partial charge in [-0.2, -0.15) is 5.10 Å². The van der Waals surface area contributed by atoms with E-state index in [-0.39, 0.29) is 18.4 Å². The van der Waals surface area contributed by atoms with Gasteiger partial charge in [-0.25, -0.2) is 0 Å². The van der Waals surface area contributed by atoms with Crippen LogP contribution in [0.1, 0.15) is 22.8 Å². The Morgan fingerprint density at radius 1 is 0.941 bits per heavy atom. The van der Waals surface area contributed by atoms with Gasteiger partial charge in [0.25, 0.3) is 5.91 Å². The molecule has 0 aliphatic heterocycles. The van der Waals surface area contributed by atoms with E-state index in [0.29, 0.717) is 24.4 Å². The predicted molar refractivity (Wildman–Crippen MR) is 132 cm³/mol. The summed E-state index contributed by atoms with van der Waals surface area (Å²) < 4.78 is 7.25. The molecule has 1 heterocycles. The molecule has 0 radical (unpaired) electrons. The van der Waals surface area contributed by atoms with Crippen LogP contribution < -0.4 is 15.4 Å². The van der Waals surface area contributed by atoms with Crippen molar-refractivity contribution in [3.63, 3.8) is 0 Å². The summed E-state index contributed by atoms with van der Waals surface area (Å²) in [5.74, 6) is 0.121. The lowest BCUT2D eigenvalue weighted by atomic mass is 9.98. The summed E-state index contributed by atoms with van der Waals surface area (Å²) in [4.78, 5) is 25.2. The molecule has 0 spiro atoms. The number of rotatable bonds is 9. The van der Waals surface area contributed by atoms with Crippen molar-refractivity contribution in [2.75, 3.05) is 18.5 Å². The maximum atomic E-state index is 12.9. The lowest BCUT2D eigenvalue weighted by molar-refractivity contribution is -0.115. The third-order valence-electron chi connectivity index (χ3n) is 5.20. The second-order valence-electron chi connectivity index (χ2n) is 7.63. The van der Waals surface area contributed by atoms with Gasteiger partial charge < -0.3 is 15.4 Å². The highest BCUT2D eigenvalue weighted by Crippen LogP contribution is 2.24. The number of ether oxygens (including phenoxy) is 1. The molecule has 0 atom stereocenters. The molecule has 0 fully saturated rings. The first-order valence-corrected chi connectivity index (χ1v) is 11.1. The van der Waals surface area contributed by atoms with Crippen molar-refractivity contribution < 1.29 is 14.3 Å². The fraction of sp³-hybridized carbons (Fsp3) is 0.148. The summed E-state index contributed by atoms with van der Waals surface area (Å²) in [6, 6.07) is 24.4. The zero-order valence-corrected chi connectivity index (χ0v) is 18.9. The van der Waals surface area contributed by atoms with E-state index in [4.69, 9.17) is 4.74 Å². The van der Waals surface area contributed by atoms with Gasteiger partial charge in [0.05, 0.1) is 19.7 Å². The monoisotopic (exact) mass is 454 g/mol. The highest BCUT2D eigenvalue weighted by molar-refractivity contribution is 6.03. The Morgan fingerprint density at radius 2 is 1.71 bits per heavy atom. The first kappa shape index (κ1) is 22.8. The van der Waals surface area contributed by atoms with Crippen molar-refractivity contribution in [2.45, 2.75) is 13.5 Å². The van der Waals surface area contributed by atoms with Crippen LogP contribution >= 0.6 is 0 Å². The molecule has 3 aromatic carbocycles. The molecule has 0 aliphatic carbocycles. The van der Waals surface area contributed by atoms with E-state index in [9.17, 15) is 9.59 Å². The van der Waals surface area contributed by atoms with Crippen LogP contribution in [-0.4, -0.2) is 34.7 Å². The molecule has 0 saturated carbocycles. The van der Waals surface area contributed by atoms with Crippen LogP contribution in [0.3, 0.4) is 0 Å². The molecule has 1 aromatic heterocycles. The fourth-order valence-electron chi connectivity index (χ4n) is 3.57. The molecule has 2 N–H and O–H groups in total. The van der Waals surface area contributed by atoms with E-state index in [1.54, 1.807) is 36.5 Å². The number of carbonyl (C=O) groups excluding carboxylic acids is 2. The molecule has 0 bridgehead atoms. The van der Waals surface area contributed by atoms with E-state index in [2.05, 4.69) is 15.7 Å². The molecule has 172 valence electrons. The van der Waals surface area contributed by atoms with Gasteiger partial charge in [-0.1, -0.05) is 42.5 Å². The number of nitrogens with zero attached hydrogens (tertiary/aromatic N) is 2. The summed E-state index contributed by atoms with van der Waals surface area (Å²) in [5.41, 5.74) is 3.99. The van der Waals surface area contributed by atoms with Crippen molar-refractivity contribution in [3.05, 3.63) is 102 Å². The molecule has 34 heavy (non-hydrogen) atoms. The largest absolute Gasteiger partial charge is 0.494 e. The van der Waals surface area contributed by atoms with Crippen LogP contribution in [0.15, 0.2) is 91.3 Å². The summed E-state index contributed by atoms with van der Waals surface area (Å²) in [6.07, 6.45) is 3.67. The minimum absolute atomic E-state index is 0.136. The summed E-state index contributed by atoms with van der Waals surface area (Å²) in [6.45, 7) is 3.03. The van der Waals surface area contributed by atoms with E-state index in [1.165, 1.54) is 0 Å². The zero-order chi connectivity index (χ0) is 23.8. The number of aromatic nitrogens is 2. The van der Waals surface area contributed by atoms with Crippen molar-refractivity contribution >= 4 is 17.5 Å². The van der Waals surface area contributed by atoms with Gasteiger partial charge in [-0.05, 0) is 60.0 Å². The number of amides is 2. The Morgan fingerprint density at radius 3 is 2.41 bits per heavy atom. The number of hydrogen-bond donors (Lipinski definition) is 2. The zero-order valence-electron chi connectivity index (χ0n) is 18.9. The summed E-state index contributed by atoms with van der Waals surface area (Å²) in [7, 11) is 0. The quantitative estimate of drug-likeness (QED) is 0.393. The van der Waals surface area contributed by atoms with Crippen molar-refractivity contribution in [3.8, 4) is 16.9 Å². The Labute approximate surface area is 198 Å². The van der Waals surface area contributed by atoms with Crippen molar-refractivity contribution in [1.29, 1.82) is 0 Å². The fourth-order valence-corrected chi connectivity index (χ4v) is 3.57. The summed E-state index contributed by atoms with van der Waals surface area (Å²) in [5, 5.41) is 9.71. The highest BCUT2D eigenvalue weighted by Gasteiger charge is 2.14. The normalized spacial score (nSPS) is 10.5. The van der Waals surface area contributed by atoms with Gasteiger partial charge >= 0.3 is 0 Å². The molecular weight excluding hydrogens is 428 g/mol. The van der Waals surface area contributed by atoms with Crippen molar-refractivity contribution in [2.24, 2.45) is 0 Å². The molecular formula is C27H26N4O3. The van der Waals surface area contributed by atoms with E-state index in [1.807, 2.05) is 66.3 Å². The lowest BCUT2D eigenvalue weighted by Gasteiger charge is -2.12. The predicted octanol–water partition coefficient (Wildman–Crippen LogP) is 4.37. The van der Waals surface area contributed by atoms with Crippen LogP contribution in [0.25, 0.3) is 11.1 Å². The minimum atomic E-state index is -0.307. The smallest absolute Gasteiger partial charge is 0.252 e. The van der Waals surface area contributed by atoms with Crippen LogP contribution in [-0.2, 0) is 11.3 Å². The van der Waals surface area contributed by atoms with Gasteiger partial charge in [0, 0.05) is 23.6 Å². The van der Waals surface area contributed by atoms with E-state index in [0.717, 1.165) is 22.4 Å². The Bertz CT molecular complexity index is 1230. The van der Waals surface area contributed by atoms with Crippen LogP contribution in [0.4, 0.5) is 5.69 Å². The van der Waals surface area contributed by atoms with Crippen molar-refractivity contribution in [1.82, 2.24) is 15.1 Å². The first-order valence-electron chi connectivity index (χ1n) is 11.1. The third kappa shape index (κ3) is 5.89. The molecule has 0 aliphatic rings. The van der Waals surface area contributed by atoms with Gasteiger partial charge in [0.1, 0.15) is 5.75 Å². The molecule has 4 rings (SSSR count). The van der Waals surface area contributed by atoms with Gasteiger partial charge in [0.2, 0.25) is 5.91 Å². The van der Waals surface area contributed by atoms with Crippen LogP contribution in [0.5, 0.6) is 5.75 Å². The molecule has 0 unspecified atom stereocenters. The Balaban J connectivity index is 1.38. The second kappa shape index (κ2) is 11.0. The highest BCUT2D eigenvalue weighted by atomic mass is 16.5. The minimum Gasteiger partial charge on any atom is -0.494 e. The molecule has 7 heteroatoms. The number of hydrogen-bond acceptors (Lipinski definition) is 4. The number of benzene rings is 3. The SMILES string of the molecule is CCOc1ccc(NC(=O)CNC(=O)c2ccccc2-c2ccc(Cn3cccn3)cc2)cc1. The van der Waals surface area contributed by atoms with E-state index >= 15 is 0 Å². The molecule has 7 nitrogen and oxygen atoms in total. The van der Waals surface area contributed by atoms with Gasteiger partial charge in [-0.3, -0.25) is 14.3 Å². The summed E-state index contributed by atoms with van der Waals surface area (Å²) >= 11 is 0. The number of carbonyl (C=O) groups is 2. The molecule has 0 saturated heterocycles. The lowest BCUT2D eigenvalue weighted by Crippen LogP contribution is -2.33. The average Bonchev–Trinajstić information content (AvgIpc) is 3.37.